The van der Waals surface area contributed by atoms with Crippen LogP contribution in [0.25, 0.3) is 10.9 Å². The van der Waals surface area contributed by atoms with Crippen LogP contribution >= 0.6 is 0 Å². The van der Waals surface area contributed by atoms with E-state index in [2.05, 4.69) is 4.98 Å². The van der Waals surface area contributed by atoms with Gasteiger partial charge in [-0.1, -0.05) is 0 Å². The van der Waals surface area contributed by atoms with Gasteiger partial charge in [0.1, 0.15) is 0 Å². The first-order chi connectivity index (χ1) is 7.22. The van der Waals surface area contributed by atoms with E-state index in [0.29, 0.717) is 5.69 Å². The lowest BCUT2D eigenvalue weighted by atomic mass is 10.1. The number of hydrogen-bond donors (Lipinski definition) is 1. The van der Waals surface area contributed by atoms with Crippen LogP contribution in [0.3, 0.4) is 0 Å². The molecule has 0 aliphatic carbocycles. The van der Waals surface area contributed by atoms with E-state index in [1.165, 1.54) is 0 Å². The third kappa shape index (κ3) is 1.71. The minimum atomic E-state index is 0.715. The molecule has 0 amide bonds. The Kier molecular flexibility index (Phi) is 2.43. The van der Waals surface area contributed by atoms with Gasteiger partial charge in [0, 0.05) is 24.3 Å². The van der Waals surface area contributed by atoms with Crippen LogP contribution in [0.5, 0.6) is 0 Å². The van der Waals surface area contributed by atoms with Crippen LogP contribution in [-0.4, -0.2) is 19.1 Å². The molecule has 0 saturated heterocycles. The molecule has 0 atom stereocenters. The third-order valence-corrected chi connectivity index (χ3v) is 2.36. The summed E-state index contributed by atoms with van der Waals surface area (Å²) in [5.41, 5.74) is 8.26. The Morgan fingerprint density at radius 3 is 2.87 bits per heavy atom. The number of nitrogens with two attached hydrogens (primary N) is 1. The second-order valence-corrected chi connectivity index (χ2v) is 3.29. The number of nitrogens with zero attached hydrogens (tertiary/aromatic N) is 2. The van der Waals surface area contributed by atoms with Crippen LogP contribution in [0, 0.1) is 0 Å². The van der Waals surface area contributed by atoms with Crippen molar-refractivity contribution in [2.45, 2.75) is 0 Å². The SMILES string of the molecule is CON(C)c1ccnc2cc(N)ccc12. The smallest absolute Gasteiger partial charge is 0.0744 e. The average molecular weight is 203 g/mol. The molecule has 2 aromatic rings. The molecular formula is C11H13N3O. The van der Waals surface area contributed by atoms with E-state index < -0.39 is 0 Å². The summed E-state index contributed by atoms with van der Waals surface area (Å²) in [5, 5.41) is 2.72. The Bertz CT molecular complexity index is 484. The molecule has 2 rings (SSSR count). The average Bonchev–Trinajstić information content (AvgIpc) is 2.26. The highest BCUT2D eigenvalue weighted by molar-refractivity contribution is 5.92. The van der Waals surface area contributed by atoms with Crippen LogP contribution in [0.15, 0.2) is 30.5 Å². The maximum absolute atomic E-state index is 5.70. The molecule has 0 bridgehead atoms. The summed E-state index contributed by atoms with van der Waals surface area (Å²) in [4.78, 5) is 9.41. The standard InChI is InChI=1S/C11H13N3O/c1-14(15-2)11-5-6-13-10-7-8(12)3-4-9(10)11/h3-7H,12H2,1-2H3. The van der Waals surface area contributed by atoms with Crippen molar-refractivity contribution in [1.29, 1.82) is 0 Å². The van der Waals surface area contributed by atoms with E-state index in [1.807, 2.05) is 31.3 Å². The highest BCUT2D eigenvalue weighted by Gasteiger charge is 2.05. The second-order valence-electron chi connectivity index (χ2n) is 3.29. The van der Waals surface area contributed by atoms with Crippen LogP contribution in [0.1, 0.15) is 0 Å². The molecule has 0 fully saturated rings. The maximum atomic E-state index is 5.70. The molecule has 0 radical (unpaired) electrons. The van der Waals surface area contributed by atoms with Crippen molar-refractivity contribution in [2.75, 3.05) is 25.0 Å². The number of rotatable bonds is 2. The van der Waals surface area contributed by atoms with Crippen molar-refractivity contribution in [2.24, 2.45) is 0 Å². The maximum Gasteiger partial charge on any atom is 0.0744 e. The number of pyridine rings is 1. The lowest BCUT2D eigenvalue weighted by molar-refractivity contribution is 0.185. The van der Waals surface area contributed by atoms with Gasteiger partial charge in [-0.3, -0.25) is 14.9 Å². The first-order valence-electron chi connectivity index (χ1n) is 4.64. The number of benzene rings is 1. The summed E-state index contributed by atoms with van der Waals surface area (Å²) in [5.74, 6) is 0. The first-order valence-corrected chi connectivity index (χ1v) is 4.64. The highest BCUT2D eigenvalue weighted by Crippen LogP contribution is 2.25. The molecule has 0 unspecified atom stereocenters. The fourth-order valence-corrected chi connectivity index (χ4v) is 1.52. The van der Waals surface area contributed by atoms with E-state index in [1.54, 1.807) is 18.4 Å². The van der Waals surface area contributed by atoms with Gasteiger partial charge in [-0.15, -0.1) is 0 Å². The molecule has 15 heavy (non-hydrogen) atoms. The van der Waals surface area contributed by atoms with E-state index >= 15 is 0 Å². The molecule has 4 nitrogen and oxygen atoms in total. The van der Waals surface area contributed by atoms with Gasteiger partial charge in [0.15, 0.2) is 0 Å². The number of anilines is 2. The predicted octanol–water partition coefficient (Wildman–Crippen LogP) is 1.81. The normalized spacial score (nSPS) is 10.5. The van der Waals surface area contributed by atoms with Crippen LogP contribution in [0.2, 0.25) is 0 Å². The molecule has 78 valence electrons. The summed E-state index contributed by atoms with van der Waals surface area (Å²) < 4.78 is 0. The minimum Gasteiger partial charge on any atom is -0.399 e. The van der Waals surface area contributed by atoms with Gasteiger partial charge >= 0.3 is 0 Å². The largest absolute Gasteiger partial charge is 0.399 e. The van der Waals surface area contributed by atoms with Gasteiger partial charge in [0.2, 0.25) is 0 Å². The number of aromatic nitrogens is 1. The Hall–Kier alpha value is -1.81. The van der Waals surface area contributed by atoms with Crippen LogP contribution < -0.4 is 10.8 Å². The molecule has 1 heterocycles. The number of hydroxylamine groups is 1. The van der Waals surface area contributed by atoms with Gasteiger partial charge in [-0.2, -0.15) is 0 Å². The van der Waals surface area contributed by atoms with Crippen molar-refractivity contribution < 1.29 is 4.84 Å². The van der Waals surface area contributed by atoms with E-state index in [9.17, 15) is 0 Å². The van der Waals surface area contributed by atoms with Gasteiger partial charge < -0.3 is 5.73 Å². The molecule has 0 spiro atoms. The molecule has 0 saturated carbocycles. The first kappa shape index (κ1) is 9.73. The van der Waals surface area contributed by atoms with Gasteiger partial charge in [-0.05, 0) is 24.3 Å². The summed E-state index contributed by atoms with van der Waals surface area (Å²) >= 11 is 0. The van der Waals surface area contributed by atoms with Crippen molar-refractivity contribution in [3.63, 3.8) is 0 Å². The minimum absolute atomic E-state index is 0.715. The zero-order chi connectivity index (χ0) is 10.8. The number of nitrogen functional groups attached to an aromatic ring is 1. The van der Waals surface area contributed by atoms with E-state index in [-0.39, 0.29) is 0 Å². The fourth-order valence-electron chi connectivity index (χ4n) is 1.52. The Balaban J connectivity index is 2.66. The highest BCUT2D eigenvalue weighted by atomic mass is 16.7. The fraction of sp³-hybridized carbons (Fsp3) is 0.182. The topological polar surface area (TPSA) is 51.4 Å². The quantitative estimate of drug-likeness (QED) is 0.597. The summed E-state index contributed by atoms with van der Waals surface area (Å²) in [6.45, 7) is 0. The Labute approximate surface area is 88.2 Å². The van der Waals surface area contributed by atoms with Crippen molar-refractivity contribution in [3.05, 3.63) is 30.5 Å². The summed E-state index contributed by atoms with van der Waals surface area (Å²) in [6, 6.07) is 7.56. The van der Waals surface area contributed by atoms with Crippen LogP contribution in [-0.2, 0) is 4.84 Å². The van der Waals surface area contributed by atoms with Crippen molar-refractivity contribution in [1.82, 2.24) is 4.98 Å². The predicted molar refractivity (Wildman–Crippen MR) is 61.6 cm³/mol. The third-order valence-electron chi connectivity index (χ3n) is 2.36. The summed E-state index contributed by atoms with van der Waals surface area (Å²) in [6.07, 6.45) is 1.74. The van der Waals surface area contributed by atoms with Gasteiger partial charge in [0.25, 0.3) is 0 Å². The number of hydrogen-bond acceptors (Lipinski definition) is 4. The lowest BCUT2D eigenvalue weighted by Gasteiger charge is -2.17. The Morgan fingerprint density at radius 2 is 2.13 bits per heavy atom. The second kappa shape index (κ2) is 3.74. The lowest BCUT2D eigenvalue weighted by Crippen LogP contribution is -2.15. The van der Waals surface area contributed by atoms with Gasteiger partial charge in [0.05, 0.1) is 18.3 Å². The van der Waals surface area contributed by atoms with E-state index in [4.69, 9.17) is 10.6 Å². The molecule has 1 aromatic heterocycles. The molecule has 0 aliphatic heterocycles. The molecule has 1 aromatic carbocycles. The summed E-state index contributed by atoms with van der Waals surface area (Å²) in [7, 11) is 3.48. The van der Waals surface area contributed by atoms with Crippen LogP contribution in [0.4, 0.5) is 11.4 Å². The monoisotopic (exact) mass is 203 g/mol. The Morgan fingerprint density at radius 1 is 1.33 bits per heavy atom. The molecule has 2 N–H and O–H groups in total. The molecule has 0 aliphatic rings. The van der Waals surface area contributed by atoms with Crippen molar-refractivity contribution in [3.8, 4) is 0 Å². The molecule has 4 heteroatoms. The van der Waals surface area contributed by atoms with Gasteiger partial charge in [-0.25, -0.2) is 0 Å². The zero-order valence-electron chi connectivity index (χ0n) is 8.77. The van der Waals surface area contributed by atoms with Crippen molar-refractivity contribution >= 4 is 22.3 Å². The number of fused-ring (bicyclic) bond motifs is 1. The zero-order valence-corrected chi connectivity index (χ0v) is 8.77. The molecular weight excluding hydrogens is 190 g/mol. The van der Waals surface area contributed by atoms with E-state index in [0.717, 1.165) is 16.6 Å².